The van der Waals surface area contributed by atoms with Crippen molar-refractivity contribution in [3.8, 4) is 17.1 Å². The van der Waals surface area contributed by atoms with Crippen LogP contribution in [0.2, 0.25) is 0 Å². The summed E-state index contributed by atoms with van der Waals surface area (Å²) in [5.41, 5.74) is 0.755. The number of carboxylic acid groups (broad SMARTS) is 1. The minimum absolute atomic E-state index is 0.0673. The highest BCUT2D eigenvalue weighted by Gasteiger charge is 2.14. The summed E-state index contributed by atoms with van der Waals surface area (Å²) in [5.74, 6) is 6.03. The van der Waals surface area contributed by atoms with Crippen molar-refractivity contribution in [3.63, 3.8) is 0 Å². The molecule has 1 aromatic carbocycles. The largest absolute Gasteiger partial charge is 0.491 e. The van der Waals surface area contributed by atoms with Crippen molar-refractivity contribution < 1.29 is 14.6 Å². The molecule has 2 rings (SSSR count). The summed E-state index contributed by atoms with van der Waals surface area (Å²) in [6.45, 7) is 3.89. The first kappa shape index (κ1) is 15.2. The molecule has 1 heterocycles. The molecule has 0 unspecified atom stereocenters. The Kier molecular flexibility index (Phi) is 4.69. The molecule has 0 aliphatic carbocycles. The number of benzene rings is 1. The molecule has 3 N–H and O–H groups in total. The van der Waals surface area contributed by atoms with E-state index in [0.717, 1.165) is 17.3 Å². The monoisotopic (exact) mass is 308 g/mol. The van der Waals surface area contributed by atoms with Gasteiger partial charge in [-0.2, -0.15) is 0 Å². The lowest BCUT2D eigenvalue weighted by Crippen LogP contribution is -2.12. The first-order valence-electron chi connectivity index (χ1n) is 6.29. The fraction of sp³-hybridized carbons (Fsp3) is 0.308. The molecule has 2 aromatic rings. The molecule has 0 saturated carbocycles. The van der Waals surface area contributed by atoms with Crippen molar-refractivity contribution in [2.45, 2.75) is 25.1 Å². The van der Waals surface area contributed by atoms with E-state index in [-0.39, 0.29) is 11.9 Å². The second-order valence-electron chi connectivity index (χ2n) is 4.55. The average Bonchev–Trinajstić information content (AvgIpc) is 2.77. The molecule has 0 aliphatic heterocycles. The third kappa shape index (κ3) is 3.88. The van der Waals surface area contributed by atoms with E-state index in [1.54, 1.807) is 0 Å². The van der Waals surface area contributed by atoms with Crippen LogP contribution in [0.15, 0.2) is 29.4 Å². The van der Waals surface area contributed by atoms with Gasteiger partial charge < -0.3 is 15.7 Å². The highest BCUT2D eigenvalue weighted by atomic mass is 32.2. The number of aromatic nitrogens is 3. The Bertz CT molecular complexity index is 642. The fourth-order valence-electron chi connectivity index (χ4n) is 1.68. The van der Waals surface area contributed by atoms with Crippen LogP contribution in [0.3, 0.4) is 0 Å². The van der Waals surface area contributed by atoms with Crippen LogP contribution >= 0.6 is 11.8 Å². The van der Waals surface area contributed by atoms with E-state index in [2.05, 4.69) is 10.2 Å². The lowest BCUT2D eigenvalue weighted by Gasteiger charge is -2.10. The number of carbonyl (C=O) groups is 1. The lowest BCUT2D eigenvalue weighted by atomic mass is 10.2. The van der Waals surface area contributed by atoms with Gasteiger partial charge in [0.1, 0.15) is 5.75 Å². The van der Waals surface area contributed by atoms with Crippen molar-refractivity contribution >= 4 is 17.7 Å². The van der Waals surface area contributed by atoms with Gasteiger partial charge in [-0.15, -0.1) is 10.2 Å². The van der Waals surface area contributed by atoms with E-state index < -0.39 is 5.97 Å². The number of hydrogen-bond donors (Lipinski definition) is 2. The van der Waals surface area contributed by atoms with Gasteiger partial charge in [0.05, 0.1) is 11.9 Å². The zero-order chi connectivity index (χ0) is 15.4. The topological polar surface area (TPSA) is 103 Å². The van der Waals surface area contributed by atoms with Crippen molar-refractivity contribution in [1.82, 2.24) is 14.9 Å². The Morgan fingerprint density at radius 3 is 2.90 bits per heavy atom. The summed E-state index contributed by atoms with van der Waals surface area (Å²) in [4.78, 5) is 10.6. The first-order valence-corrected chi connectivity index (χ1v) is 7.28. The summed E-state index contributed by atoms with van der Waals surface area (Å²) < 4.78 is 6.90. The normalized spacial score (nSPS) is 10.8. The lowest BCUT2D eigenvalue weighted by molar-refractivity contribution is -0.133. The third-order valence-electron chi connectivity index (χ3n) is 2.45. The zero-order valence-corrected chi connectivity index (χ0v) is 12.5. The molecule has 21 heavy (non-hydrogen) atoms. The molecule has 0 radical (unpaired) electrons. The molecule has 0 aliphatic rings. The van der Waals surface area contributed by atoms with Gasteiger partial charge in [0, 0.05) is 5.56 Å². The van der Waals surface area contributed by atoms with Gasteiger partial charge in [-0.1, -0.05) is 23.9 Å². The predicted molar refractivity (Wildman–Crippen MR) is 79.7 cm³/mol. The molecule has 7 nitrogen and oxygen atoms in total. The van der Waals surface area contributed by atoms with Crippen molar-refractivity contribution in [1.29, 1.82) is 0 Å². The molecule has 0 saturated heterocycles. The second kappa shape index (κ2) is 6.49. The molecule has 8 heteroatoms. The molecule has 112 valence electrons. The average molecular weight is 308 g/mol. The highest BCUT2D eigenvalue weighted by molar-refractivity contribution is 7.99. The number of nitrogen functional groups attached to an aromatic ring is 1. The Morgan fingerprint density at radius 1 is 1.48 bits per heavy atom. The van der Waals surface area contributed by atoms with Gasteiger partial charge in [-0.3, -0.25) is 4.79 Å². The number of hydrogen-bond acceptors (Lipinski definition) is 6. The van der Waals surface area contributed by atoms with Gasteiger partial charge in [-0.25, -0.2) is 4.68 Å². The van der Waals surface area contributed by atoms with E-state index in [0.29, 0.717) is 16.7 Å². The minimum Gasteiger partial charge on any atom is -0.491 e. The van der Waals surface area contributed by atoms with Gasteiger partial charge >= 0.3 is 5.97 Å². The SMILES string of the molecule is CC(C)Oc1cccc(-c2nnc(SCC(=O)O)n2N)c1. The fourth-order valence-corrected chi connectivity index (χ4v) is 2.26. The van der Waals surface area contributed by atoms with Crippen molar-refractivity contribution in [2.24, 2.45) is 0 Å². The number of ether oxygens (including phenoxy) is 1. The number of rotatable bonds is 6. The van der Waals surface area contributed by atoms with Gasteiger partial charge in [0.15, 0.2) is 5.82 Å². The summed E-state index contributed by atoms with van der Waals surface area (Å²) in [6, 6.07) is 7.35. The number of nitrogens with two attached hydrogens (primary N) is 1. The Morgan fingerprint density at radius 2 is 2.24 bits per heavy atom. The summed E-state index contributed by atoms with van der Waals surface area (Å²) in [5, 5.41) is 16.9. The number of aliphatic carboxylic acids is 1. The van der Waals surface area contributed by atoms with E-state index in [1.165, 1.54) is 4.68 Å². The van der Waals surface area contributed by atoms with E-state index in [1.807, 2.05) is 38.1 Å². The van der Waals surface area contributed by atoms with Crippen LogP contribution in [-0.2, 0) is 4.79 Å². The Labute approximate surface area is 126 Å². The molecule has 0 bridgehead atoms. The quantitative estimate of drug-likeness (QED) is 0.617. The Balaban J connectivity index is 2.24. The second-order valence-corrected chi connectivity index (χ2v) is 5.50. The van der Waals surface area contributed by atoms with Crippen molar-refractivity contribution in [2.75, 3.05) is 11.6 Å². The molecule has 1 aromatic heterocycles. The summed E-state index contributed by atoms with van der Waals surface area (Å²) >= 11 is 1.02. The maximum atomic E-state index is 10.6. The van der Waals surface area contributed by atoms with Crippen LogP contribution in [0.1, 0.15) is 13.8 Å². The first-order chi connectivity index (χ1) is 9.97. The van der Waals surface area contributed by atoms with Crippen LogP contribution in [0.5, 0.6) is 5.75 Å². The smallest absolute Gasteiger partial charge is 0.313 e. The molecule has 0 amide bonds. The maximum absolute atomic E-state index is 10.6. The van der Waals surface area contributed by atoms with Crippen LogP contribution in [-0.4, -0.2) is 37.8 Å². The van der Waals surface area contributed by atoms with Gasteiger partial charge in [-0.05, 0) is 26.0 Å². The summed E-state index contributed by atoms with van der Waals surface area (Å²) in [7, 11) is 0. The summed E-state index contributed by atoms with van der Waals surface area (Å²) in [6.07, 6.45) is 0.0673. The Hall–Kier alpha value is -2.22. The number of carboxylic acids is 1. The zero-order valence-electron chi connectivity index (χ0n) is 11.7. The number of thioether (sulfide) groups is 1. The minimum atomic E-state index is -0.933. The molecular formula is C13H16N4O3S. The van der Waals surface area contributed by atoms with Crippen molar-refractivity contribution in [3.05, 3.63) is 24.3 Å². The standard InChI is InChI=1S/C13H16N4O3S/c1-8(2)20-10-5-3-4-9(6-10)12-15-16-13(17(12)14)21-7-11(18)19/h3-6,8H,7,14H2,1-2H3,(H,18,19). The molecular weight excluding hydrogens is 292 g/mol. The molecule has 0 atom stereocenters. The van der Waals surface area contributed by atoms with Gasteiger partial charge in [0.2, 0.25) is 5.16 Å². The van der Waals surface area contributed by atoms with Crippen LogP contribution in [0.25, 0.3) is 11.4 Å². The maximum Gasteiger partial charge on any atom is 0.313 e. The molecule has 0 fully saturated rings. The molecule has 0 spiro atoms. The van der Waals surface area contributed by atoms with E-state index in [9.17, 15) is 4.79 Å². The van der Waals surface area contributed by atoms with Crippen LogP contribution < -0.4 is 10.6 Å². The van der Waals surface area contributed by atoms with Crippen LogP contribution in [0.4, 0.5) is 0 Å². The highest BCUT2D eigenvalue weighted by Crippen LogP contribution is 2.25. The van der Waals surface area contributed by atoms with E-state index >= 15 is 0 Å². The van der Waals surface area contributed by atoms with Crippen LogP contribution in [0, 0.1) is 0 Å². The van der Waals surface area contributed by atoms with E-state index in [4.69, 9.17) is 15.7 Å². The number of nitrogens with zero attached hydrogens (tertiary/aromatic N) is 3. The van der Waals surface area contributed by atoms with Gasteiger partial charge in [0.25, 0.3) is 0 Å². The third-order valence-corrected chi connectivity index (χ3v) is 3.38. The predicted octanol–water partition coefficient (Wildman–Crippen LogP) is 1.62.